The first-order valence-electron chi connectivity index (χ1n) is 10.3. The van der Waals surface area contributed by atoms with Crippen molar-refractivity contribution in [3.8, 4) is 0 Å². The van der Waals surface area contributed by atoms with Crippen molar-refractivity contribution < 1.29 is 14.7 Å². The number of aryl methyl sites for hydroxylation is 1. The Morgan fingerprint density at radius 3 is 2.55 bits per heavy atom. The maximum absolute atomic E-state index is 13.2. The van der Waals surface area contributed by atoms with Crippen molar-refractivity contribution in [2.24, 2.45) is 0 Å². The fourth-order valence-corrected chi connectivity index (χ4v) is 3.15. The molecular formula is C24H27N4O3. The van der Waals surface area contributed by atoms with E-state index in [0.29, 0.717) is 30.6 Å². The van der Waals surface area contributed by atoms with Gasteiger partial charge in [-0.3, -0.25) is 9.59 Å². The SMILES string of the molecule is CC(O)CCNC(=O)c1ccc(N(CCCn2ccnc2)C(=O)c2cc[c]cc2)cc1. The number of anilines is 1. The van der Waals surface area contributed by atoms with Crippen LogP contribution in [0.2, 0.25) is 0 Å². The van der Waals surface area contributed by atoms with Gasteiger partial charge in [-0.2, -0.15) is 0 Å². The number of imidazole rings is 1. The summed E-state index contributed by atoms with van der Waals surface area (Å²) in [5.74, 6) is -0.308. The standard InChI is InChI=1S/C24H27N4O3/c1-19(29)12-13-26-23(30)20-8-10-22(11-9-20)28(16-5-15-27-17-14-25-18-27)24(31)21-6-3-2-4-7-21/h3-4,6-11,14,17-19,29H,5,12-13,15-16H2,1H3,(H,26,30). The fourth-order valence-electron chi connectivity index (χ4n) is 3.15. The molecule has 161 valence electrons. The topological polar surface area (TPSA) is 87.5 Å². The molecule has 0 aliphatic heterocycles. The van der Waals surface area contributed by atoms with Crippen molar-refractivity contribution in [2.45, 2.75) is 32.4 Å². The van der Waals surface area contributed by atoms with Gasteiger partial charge in [-0.05, 0) is 62.2 Å². The van der Waals surface area contributed by atoms with Crippen LogP contribution in [0.3, 0.4) is 0 Å². The molecule has 2 N–H and O–H groups in total. The smallest absolute Gasteiger partial charge is 0.258 e. The molecule has 2 aromatic carbocycles. The molecule has 0 saturated carbocycles. The van der Waals surface area contributed by atoms with E-state index in [9.17, 15) is 14.7 Å². The number of nitrogens with one attached hydrogen (secondary N) is 1. The maximum atomic E-state index is 13.2. The quantitative estimate of drug-likeness (QED) is 0.529. The summed E-state index contributed by atoms with van der Waals surface area (Å²) in [5, 5.41) is 12.1. The Labute approximate surface area is 182 Å². The van der Waals surface area contributed by atoms with Gasteiger partial charge in [0.2, 0.25) is 0 Å². The van der Waals surface area contributed by atoms with Crippen molar-refractivity contribution >= 4 is 17.5 Å². The monoisotopic (exact) mass is 419 g/mol. The zero-order valence-electron chi connectivity index (χ0n) is 17.6. The van der Waals surface area contributed by atoms with Crippen molar-refractivity contribution in [3.63, 3.8) is 0 Å². The van der Waals surface area contributed by atoms with E-state index in [2.05, 4.69) is 16.4 Å². The Kier molecular flexibility index (Phi) is 7.95. The summed E-state index contributed by atoms with van der Waals surface area (Å²) in [7, 11) is 0. The summed E-state index contributed by atoms with van der Waals surface area (Å²) < 4.78 is 1.97. The molecule has 3 aromatic rings. The number of amides is 2. The molecule has 7 heteroatoms. The number of rotatable bonds is 10. The third-order valence-corrected chi connectivity index (χ3v) is 4.86. The number of hydrogen-bond donors (Lipinski definition) is 2. The molecule has 0 aliphatic carbocycles. The predicted molar refractivity (Wildman–Crippen MR) is 119 cm³/mol. The second-order valence-electron chi connectivity index (χ2n) is 7.34. The number of hydrogen-bond acceptors (Lipinski definition) is 4. The lowest BCUT2D eigenvalue weighted by atomic mass is 10.1. The van der Waals surface area contributed by atoms with Gasteiger partial charge >= 0.3 is 0 Å². The second-order valence-corrected chi connectivity index (χ2v) is 7.34. The van der Waals surface area contributed by atoms with Crippen LogP contribution in [-0.4, -0.2) is 45.7 Å². The van der Waals surface area contributed by atoms with Gasteiger partial charge in [-0.25, -0.2) is 4.98 Å². The molecule has 1 heterocycles. The van der Waals surface area contributed by atoms with Gasteiger partial charge in [0, 0.05) is 48.8 Å². The molecule has 0 spiro atoms. The molecule has 0 bridgehead atoms. The molecule has 0 fully saturated rings. The van der Waals surface area contributed by atoms with Crippen LogP contribution in [-0.2, 0) is 6.54 Å². The highest BCUT2D eigenvalue weighted by Crippen LogP contribution is 2.19. The van der Waals surface area contributed by atoms with E-state index in [0.717, 1.165) is 18.7 Å². The van der Waals surface area contributed by atoms with Gasteiger partial charge in [0.15, 0.2) is 0 Å². The van der Waals surface area contributed by atoms with E-state index in [-0.39, 0.29) is 11.8 Å². The molecule has 0 aliphatic rings. The van der Waals surface area contributed by atoms with Crippen LogP contribution < -0.4 is 10.2 Å². The molecule has 2 amide bonds. The van der Waals surface area contributed by atoms with Crippen LogP contribution >= 0.6 is 0 Å². The van der Waals surface area contributed by atoms with Gasteiger partial charge < -0.3 is 19.9 Å². The third kappa shape index (κ3) is 6.52. The molecule has 1 atom stereocenters. The summed E-state index contributed by atoms with van der Waals surface area (Å²) in [4.78, 5) is 31.2. The normalized spacial score (nSPS) is 11.7. The molecule has 1 aromatic heterocycles. The highest BCUT2D eigenvalue weighted by atomic mass is 16.3. The lowest BCUT2D eigenvalue weighted by molar-refractivity contribution is 0.0944. The summed E-state index contributed by atoms with van der Waals surface area (Å²) in [6.07, 6.45) is 6.17. The molecule has 1 unspecified atom stereocenters. The number of aliphatic hydroxyl groups excluding tert-OH is 1. The molecule has 31 heavy (non-hydrogen) atoms. The van der Waals surface area contributed by atoms with Crippen LogP contribution in [0.1, 0.15) is 40.5 Å². The maximum Gasteiger partial charge on any atom is 0.258 e. The van der Waals surface area contributed by atoms with E-state index in [1.54, 1.807) is 72.9 Å². The van der Waals surface area contributed by atoms with Crippen LogP contribution in [0, 0.1) is 6.07 Å². The molecule has 3 rings (SSSR count). The van der Waals surface area contributed by atoms with Gasteiger partial charge in [0.1, 0.15) is 0 Å². The van der Waals surface area contributed by atoms with Crippen molar-refractivity contribution in [2.75, 3.05) is 18.0 Å². The number of benzene rings is 2. The average Bonchev–Trinajstić information content (AvgIpc) is 3.30. The third-order valence-electron chi connectivity index (χ3n) is 4.86. The number of aromatic nitrogens is 2. The van der Waals surface area contributed by atoms with Crippen LogP contribution in [0.25, 0.3) is 0 Å². The van der Waals surface area contributed by atoms with E-state index in [1.165, 1.54) is 0 Å². The highest BCUT2D eigenvalue weighted by molar-refractivity contribution is 6.06. The summed E-state index contributed by atoms with van der Waals surface area (Å²) in [6.45, 7) is 3.36. The largest absolute Gasteiger partial charge is 0.393 e. The number of nitrogens with zero attached hydrogens (tertiary/aromatic N) is 3. The number of carbonyl (C=O) groups excluding carboxylic acids is 2. The molecule has 0 saturated heterocycles. The van der Waals surface area contributed by atoms with Crippen LogP contribution in [0.4, 0.5) is 5.69 Å². The minimum Gasteiger partial charge on any atom is -0.393 e. The van der Waals surface area contributed by atoms with E-state index in [1.807, 2.05) is 10.8 Å². The van der Waals surface area contributed by atoms with Crippen molar-refractivity contribution in [1.29, 1.82) is 0 Å². The summed E-state index contributed by atoms with van der Waals surface area (Å²) >= 11 is 0. The first-order chi connectivity index (χ1) is 15.0. The minimum atomic E-state index is -0.458. The molecule has 7 nitrogen and oxygen atoms in total. The van der Waals surface area contributed by atoms with E-state index < -0.39 is 6.10 Å². The van der Waals surface area contributed by atoms with Gasteiger partial charge in [-0.1, -0.05) is 12.1 Å². The van der Waals surface area contributed by atoms with Gasteiger partial charge in [0.25, 0.3) is 11.8 Å². The zero-order valence-corrected chi connectivity index (χ0v) is 17.6. The lowest BCUT2D eigenvalue weighted by Crippen LogP contribution is -2.32. The number of aliphatic hydroxyl groups is 1. The Hall–Kier alpha value is -3.45. The predicted octanol–water partition coefficient (Wildman–Crippen LogP) is 2.92. The number of carbonyl (C=O) groups is 2. The first-order valence-corrected chi connectivity index (χ1v) is 10.3. The summed E-state index contributed by atoms with van der Waals surface area (Å²) in [5.41, 5.74) is 1.82. The van der Waals surface area contributed by atoms with Gasteiger partial charge in [-0.15, -0.1) is 0 Å². The minimum absolute atomic E-state index is 0.103. The second kappa shape index (κ2) is 11.1. The molecule has 1 radical (unpaired) electrons. The van der Waals surface area contributed by atoms with E-state index in [4.69, 9.17) is 0 Å². The highest BCUT2D eigenvalue weighted by Gasteiger charge is 2.18. The first kappa shape index (κ1) is 22.2. The van der Waals surface area contributed by atoms with E-state index >= 15 is 0 Å². The zero-order chi connectivity index (χ0) is 22.1. The van der Waals surface area contributed by atoms with Gasteiger partial charge in [0.05, 0.1) is 12.4 Å². The van der Waals surface area contributed by atoms with Crippen LogP contribution in [0.5, 0.6) is 0 Å². The fraction of sp³-hybridized carbons (Fsp3) is 0.292. The Bertz CT molecular complexity index is 954. The Balaban J connectivity index is 1.71. The molecular weight excluding hydrogens is 392 g/mol. The van der Waals surface area contributed by atoms with Crippen molar-refractivity contribution in [3.05, 3.63) is 84.4 Å². The lowest BCUT2D eigenvalue weighted by Gasteiger charge is -2.23. The summed E-state index contributed by atoms with van der Waals surface area (Å²) in [6, 6.07) is 16.9. The Morgan fingerprint density at radius 2 is 1.90 bits per heavy atom. The van der Waals surface area contributed by atoms with Crippen molar-refractivity contribution in [1.82, 2.24) is 14.9 Å². The average molecular weight is 420 g/mol. The van der Waals surface area contributed by atoms with Crippen LogP contribution in [0.15, 0.2) is 67.3 Å². The Morgan fingerprint density at radius 1 is 1.16 bits per heavy atom.